The highest BCUT2D eigenvalue weighted by molar-refractivity contribution is 5.91. The fourth-order valence-electron chi connectivity index (χ4n) is 1.82. The van der Waals surface area contributed by atoms with Crippen LogP contribution in [0, 0.1) is 5.82 Å². The molecule has 1 amide bonds. The van der Waals surface area contributed by atoms with Crippen molar-refractivity contribution in [1.29, 1.82) is 0 Å². The summed E-state index contributed by atoms with van der Waals surface area (Å²) in [6, 6.07) is 6.21. The minimum Gasteiger partial charge on any atom is -0.339 e. The smallest absolute Gasteiger partial charge is 0.246 e. The fraction of sp³-hybridized carbons (Fsp3) is 0.308. The lowest BCUT2D eigenvalue weighted by atomic mass is 10.2. The Kier molecular flexibility index (Phi) is 3.34. The number of benzene rings is 1. The summed E-state index contributed by atoms with van der Waals surface area (Å²) in [7, 11) is 0. The Morgan fingerprint density at radius 2 is 2.06 bits per heavy atom. The van der Waals surface area contributed by atoms with E-state index in [1.54, 1.807) is 18.2 Å². The van der Waals surface area contributed by atoms with Crippen molar-refractivity contribution < 1.29 is 9.18 Å². The van der Waals surface area contributed by atoms with Gasteiger partial charge in [-0.25, -0.2) is 4.39 Å². The number of carbonyl (C=O) groups excluding carboxylic acids is 1. The van der Waals surface area contributed by atoms with Crippen molar-refractivity contribution in [3.8, 4) is 0 Å². The first-order valence-electron chi connectivity index (χ1n) is 5.48. The molecule has 0 aliphatic carbocycles. The predicted octanol–water partition coefficient (Wildman–Crippen LogP) is 2.46. The minimum absolute atomic E-state index is 0.0155. The summed E-state index contributed by atoms with van der Waals surface area (Å²) in [5.74, 6) is -0.266. The first-order chi connectivity index (χ1) is 7.75. The van der Waals surface area contributed by atoms with Gasteiger partial charge < -0.3 is 4.90 Å². The lowest BCUT2D eigenvalue weighted by Crippen LogP contribution is -2.25. The summed E-state index contributed by atoms with van der Waals surface area (Å²) >= 11 is 0. The minimum atomic E-state index is -0.282. The monoisotopic (exact) mass is 219 g/mol. The van der Waals surface area contributed by atoms with E-state index in [2.05, 4.69) is 0 Å². The number of amides is 1. The molecule has 0 N–H and O–H groups in total. The Balaban J connectivity index is 2.00. The van der Waals surface area contributed by atoms with Gasteiger partial charge in [-0.2, -0.15) is 0 Å². The van der Waals surface area contributed by atoms with E-state index in [1.165, 1.54) is 18.2 Å². The molecular formula is C13H14FNO. The van der Waals surface area contributed by atoms with E-state index >= 15 is 0 Å². The molecule has 0 atom stereocenters. The van der Waals surface area contributed by atoms with Gasteiger partial charge in [0, 0.05) is 19.2 Å². The van der Waals surface area contributed by atoms with E-state index in [0.717, 1.165) is 25.9 Å². The van der Waals surface area contributed by atoms with E-state index in [4.69, 9.17) is 0 Å². The molecule has 16 heavy (non-hydrogen) atoms. The van der Waals surface area contributed by atoms with Crippen LogP contribution in [-0.2, 0) is 4.79 Å². The average Bonchev–Trinajstić information content (AvgIpc) is 2.79. The van der Waals surface area contributed by atoms with Crippen molar-refractivity contribution in [1.82, 2.24) is 4.90 Å². The summed E-state index contributed by atoms with van der Waals surface area (Å²) in [5, 5.41) is 0. The van der Waals surface area contributed by atoms with Crippen molar-refractivity contribution >= 4 is 12.0 Å². The number of hydrogen-bond donors (Lipinski definition) is 0. The van der Waals surface area contributed by atoms with E-state index in [9.17, 15) is 9.18 Å². The second-order valence-electron chi connectivity index (χ2n) is 3.92. The molecule has 1 aliphatic rings. The fourth-order valence-corrected chi connectivity index (χ4v) is 1.82. The molecule has 0 aromatic heterocycles. The third-order valence-corrected chi connectivity index (χ3v) is 2.68. The van der Waals surface area contributed by atoms with Crippen LogP contribution in [0.5, 0.6) is 0 Å². The van der Waals surface area contributed by atoms with Crippen molar-refractivity contribution in [2.24, 2.45) is 0 Å². The quantitative estimate of drug-likeness (QED) is 0.700. The van der Waals surface area contributed by atoms with E-state index in [0.29, 0.717) is 5.56 Å². The number of nitrogens with zero attached hydrogens (tertiary/aromatic N) is 1. The van der Waals surface area contributed by atoms with Gasteiger partial charge in [0.05, 0.1) is 0 Å². The highest BCUT2D eigenvalue weighted by Gasteiger charge is 2.14. The molecule has 84 valence electrons. The number of rotatable bonds is 2. The average molecular weight is 219 g/mol. The molecule has 3 heteroatoms. The van der Waals surface area contributed by atoms with E-state index in [1.807, 2.05) is 4.90 Å². The van der Waals surface area contributed by atoms with Gasteiger partial charge in [0.15, 0.2) is 0 Å². The molecule has 0 saturated carbocycles. The molecule has 2 rings (SSSR count). The number of hydrogen-bond acceptors (Lipinski definition) is 1. The van der Waals surface area contributed by atoms with Crippen LogP contribution in [0.25, 0.3) is 6.08 Å². The number of halogens is 1. The maximum Gasteiger partial charge on any atom is 0.246 e. The Bertz CT molecular complexity index is 408. The van der Waals surface area contributed by atoms with Crippen LogP contribution in [0.3, 0.4) is 0 Å². The van der Waals surface area contributed by atoms with Crippen LogP contribution in [0.1, 0.15) is 18.4 Å². The zero-order valence-corrected chi connectivity index (χ0v) is 9.03. The van der Waals surface area contributed by atoms with Crippen LogP contribution in [0.4, 0.5) is 4.39 Å². The number of carbonyl (C=O) groups is 1. The third kappa shape index (κ3) is 2.69. The summed E-state index contributed by atoms with van der Waals surface area (Å²) in [4.78, 5) is 13.5. The zero-order chi connectivity index (χ0) is 11.4. The van der Waals surface area contributed by atoms with E-state index in [-0.39, 0.29) is 11.7 Å². The van der Waals surface area contributed by atoms with Crippen LogP contribution < -0.4 is 0 Å². The lowest BCUT2D eigenvalue weighted by molar-refractivity contribution is -0.124. The topological polar surface area (TPSA) is 20.3 Å². The summed E-state index contributed by atoms with van der Waals surface area (Å²) in [6.45, 7) is 1.68. The van der Waals surface area contributed by atoms with Gasteiger partial charge in [-0.1, -0.05) is 12.1 Å². The van der Waals surface area contributed by atoms with Gasteiger partial charge in [0.1, 0.15) is 5.82 Å². The first-order valence-corrected chi connectivity index (χ1v) is 5.48. The van der Waals surface area contributed by atoms with Crippen LogP contribution in [-0.4, -0.2) is 23.9 Å². The normalized spacial score (nSPS) is 15.9. The summed E-state index contributed by atoms with van der Waals surface area (Å²) in [5.41, 5.74) is 0.715. The summed E-state index contributed by atoms with van der Waals surface area (Å²) in [6.07, 6.45) is 5.34. The molecule has 2 nitrogen and oxygen atoms in total. The second kappa shape index (κ2) is 4.92. The maximum absolute atomic E-state index is 12.9. The Morgan fingerprint density at radius 1 is 1.31 bits per heavy atom. The third-order valence-electron chi connectivity index (χ3n) is 2.68. The first kappa shape index (κ1) is 10.9. The van der Waals surface area contributed by atoms with Gasteiger partial charge in [-0.15, -0.1) is 0 Å². The van der Waals surface area contributed by atoms with E-state index < -0.39 is 0 Å². The lowest BCUT2D eigenvalue weighted by Gasteiger charge is -2.11. The molecule has 0 bridgehead atoms. The Labute approximate surface area is 94.4 Å². The molecule has 1 heterocycles. The summed E-state index contributed by atoms with van der Waals surface area (Å²) < 4.78 is 12.9. The standard InChI is InChI=1S/C13H14FNO/c14-12-5-3-4-11(10-12)6-7-13(16)15-8-1-2-9-15/h3-7,10H,1-2,8-9H2/b7-6-. The predicted molar refractivity (Wildman–Crippen MR) is 61.2 cm³/mol. The maximum atomic E-state index is 12.9. The zero-order valence-electron chi connectivity index (χ0n) is 9.03. The van der Waals surface area contributed by atoms with Gasteiger partial charge in [0.25, 0.3) is 0 Å². The highest BCUT2D eigenvalue weighted by atomic mass is 19.1. The van der Waals surface area contributed by atoms with Gasteiger partial charge in [-0.3, -0.25) is 4.79 Å². The van der Waals surface area contributed by atoms with Crippen molar-refractivity contribution in [2.75, 3.05) is 13.1 Å². The van der Waals surface area contributed by atoms with Crippen LogP contribution in [0.15, 0.2) is 30.3 Å². The van der Waals surface area contributed by atoms with Crippen molar-refractivity contribution in [3.63, 3.8) is 0 Å². The Hall–Kier alpha value is -1.64. The molecule has 1 aromatic rings. The van der Waals surface area contributed by atoms with Crippen LogP contribution in [0.2, 0.25) is 0 Å². The number of likely N-dealkylation sites (tertiary alicyclic amines) is 1. The second-order valence-corrected chi connectivity index (χ2v) is 3.92. The molecule has 1 aromatic carbocycles. The molecule has 0 unspecified atom stereocenters. The van der Waals surface area contributed by atoms with Gasteiger partial charge in [-0.05, 0) is 36.6 Å². The highest BCUT2D eigenvalue weighted by Crippen LogP contribution is 2.10. The molecule has 0 spiro atoms. The molecule has 1 fully saturated rings. The van der Waals surface area contributed by atoms with Gasteiger partial charge >= 0.3 is 0 Å². The van der Waals surface area contributed by atoms with Crippen molar-refractivity contribution in [3.05, 3.63) is 41.7 Å². The van der Waals surface area contributed by atoms with Gasteiger partial charge in [0.2, 0.25) is 5.91 Å². The SMILES string of the molecule is O=C(/C=C\c1cccc(F)c1)N1CCCC1. The largest absolute Gasteiger partial charge is 0.339 e. The van der Waals surface area contributed by atoms with Crippen molar-refractivity contribution in [2.45, 2.75) is 12.8 Å². The molecule has 0 radical (unpaired) electrons. The Morgan fingerprint density at radius 3 is 2.75 bits per heavy atom. The molecule has 1 saturated heterocycles. The molecule has 1 aliphatic heterocycles. The molecular weight excluding hydrogens is 205 g/mol. The van der Waals surface area contributed by atoms with Crippen LogP contribution >= 0.6 is 0 Å².